The van der Waals surface area contributed by atoms with Gasteiger partial charge < -0.3 is 14.3 Å². The van der Waals surface area contributed by atoms with Crippen LogP contribution in [0.2, 0.25) is 0 Å². The molecule has 168 valence electrons. The summed E-state index contributed by atoms with van der Waals surface area (Å²) < 4.78 is 12.1. The van der Waals surface area contributed by atoms with Crippen LogP contribution in [0.25, 0.3) is 22.8 Å². The normalized spacial score (nSPS) is 14.0. The van der Waals surface area contributed by atoms with Gasteiger partial charge in [0.1, 0.15) is 11.7 Å². The highest BCUT2D eigenvalue weighted by atomic mass is 16.5. The van der Waals surface area contributed by atoms with Crippen molar-refractivity contribution < 1.29 is 13.7 Å². The minimum atomic E-state index is -0.837. The third kappa shape index (κ3) is 4.00. The molecule has 5 rings (SSSR count). The lowest BCUT2D eigenvalue weighted by Crippen LogP contribution is -2.34. The van der Waals surface area contributed by atoms with Gasteiger partial charge in [0.15, 0.2) is 11.5 Å². The SMILES string of the molecule is Cc1cc(-c2cc(=O)n(C(C)C(=O)Nc3cccc4c3CCCC4)nc2-c2ccco2)on1. The molecule has 1 unspecified atom stereocenters. The number of carbonyl (C=O) groups is 1. The van der Waals surface area contributed by atoms with Crippen molar-refractivity contribution in [3.63, 3.8) is 0 Å². The summed E-state index contributed by atoms with van der Waals surface area (Å²) in [6.45, 7) is 3.45. The van der Waals surface area contributed by atoms with Gasteiger partial charge in [-0.05, 0) is 68.9 Å². The highest BCUT2D eigenvalue weighted by molar-refractivity contribution is 5.94. The summed E-state index contributed by atoms with van der Waals surface area (Å²) in [5.41, 5.74) is 4.36. The van der Waals surface area contributed by atoms with Gasteiger partial charge in [-0.15, -0.1) is 0 Å². The van der Waals surface area contributed by atoms with Crippen LogP contribution in [0.4, 0.5) is 5.69 Å². The van der Waals surface area contributed by atoms with Crippen LogP contribution in [0.5, 0.6) is 0 Å². The number of aromatic nitrogens is 3. The number of nitrogens with zero attached hydrogens (tertiary/aromatic N) is 3. The van der Waals surface area contributed by atoms with Gasteiger partial charge in [0, 0.05) is 17.8 Å². The number of amides is 1. The number of benzene rings is 1. The van der Waals surface area contributed by atoms with Crippen LogP contribution >= 0.6 is 0 Å². The monoisotopic (exact) mass is 444 g/mol. The third-order valence-corrected chi connectivity index (χ3v) is 6.00. The zero-order chi connectivity index (χ0) is 22.9. The van der Waals surface area contributed by atoms with E-state index in [1.165, 1.54) is 28.1 Å². The van der Waals surface area contributed by atoms with Crippen molar-refractivity contribution in [2.75, 3.05) is 5.32 Å². The standard InChI is InChI=1S/C25H24N4O4/c1-15-13-22(33-28-15)19-14-23(30)29(27-24(19)21-11-6-12-32-21)16(2)25(31)26-20-10-5-8-17-7-3-4-9-18(17)20/h5-6,8,10-14,16H,3-4,7,9H2,1-2H3,(H,26,31). The van der Waals surface area contributed by atoms with E-state index >= 15 is 0 Å². The molecular weight excluding hydrogens is 420 g/mol. The van der Waals surface area contributed by atoms with Crippen LogP contribution in [0.15, 0.2) is 62.5 Å². The second-order valence-corrected chi connectivity index (χ2v) is 8.31. The van der Waals surface area contributed by atoms with E-state index in [0.29, 0.717) is 28.5 Å². The fraction of sp³-hybridized carbons (Fsp3) is 0.280. The molecule has 0 saturated heterocycles. The molecule has 8 heteroatoms. The summed E-state index contributed by atoms with van der Waals surface area (Å²) in [5.74, 6) is 0.554. The molecule has 1 aliphatic carbocycles. The van der Waals surface area contributed by atoms with Crippen molar-refractivity contribution in [1.82, 2.24) is 14.9 Å². The highest BCUT2D eigenvalue weighted by Gasteiger charge is 2.24. The van der Waals surface area contributed by atoms with E-state index in [9.17, 15) is 9.59 Å². The minimum absolute atomic E-state index is 0.308. The van der Waals surface area contributed by atoms with E-state index in [0.717, 1.165) is 31.4 Å². The average molecular weight is 444 g/mol. The number of rotatable bonds is 5. The summed E-state index contributed by atoms with van der Waals surface area (Å²) in [7, 11) is 0. The zero-order valence-corrected chi connectivity index (χ0v) is 18.5. The first kappa shape index (κ1) is 20.9. The Morgan fingerprint density at radius 1 is 1.12 bits per heavy atom. The van der Waals surface area contributed by atoms with Crippen molar-refractivity contribution in [3.05, 3.63) is 75.9 Å². The fourth-order valence-corrected chi connectivity index (χ4v) is 4.27. The van der Waals surface area contributed by atoms with Crippen LogP contribution < -0.4 is 10.9 Å². The smallest absolute Gasteiger partial charge is 0.268 e. The predicted molar refractivity (Wildman–Crippen MR) is 123 cm³/mol. The Morgan fingerprint density at radius 2 is 1.97 bits per heavy atom. The van der Waals surface area contributed by atoms with Crippen molar-refractivity contribution in [2.24, 2.45) is 0 Å². The molecule has 0 radical (unpaired) electrons. The Kier molecular flexibility index (Phi) is 5.42. The van der Waals surface area contributed by atoms with E-state index in [1.54, 1.807) is 32.0 Å². The van der Waals surface area contributed by atoms with Crippen LogP contribution in [-0.2, 0) is 17.6 Å². The number of hydrogen-bond acceptors (Lipinski definition) is 6. The Hall–Kier alpha value is -3.94. The van der Waals surface area contributed by atoms with Gasteiger partial charge in [-0.1, -0.05) is 17.3 Å². The number of hydrogen-bond donors (Lipinski definition) is 1. The molecule has 1 amide bonds. The minimum Gasteiger partial charge on any atom is -0.463 e. The molecule has 0 aliphatic heterocycles. The van der Waals surface area contributed by atoms with Gasteiger partial charge >= 0.3 is 0 Å². The lowest BCUT2D eigenvalue weighted by Gasteiger charge is -2.21. The molecule has 0 spiro atoms. The summed E-state index contributed by atoms with van der Waals surface area (Å²) in [4.78, 5) is 26.1. The van der Waals surface area contributed by atoms with Gasteiger partial charge in [-0.2, -0.15) is 5.10 Å². The largest absolute Gasteiger partial charge is 0.463 e. The molecule has 1 aliphatic rings. The average Bonchev–Trinajstić information content (AvgIpc) is 3.51. The Morgan fingerprint density at radius 3 is 2.73 bits per heavy atom. The Balaban J connectivity index is 1.51. The van der Waals surface area contributed by atoms with Gasteiger partial charge in [-0.25, -0.2) is 4.68 Å². The lowest BCUT2D eigenvalue weighted by molar-refractivity contribution is -0.119. The van der Waals surface area contributed by atoms with E-state index in [-0.39, 0.29) is 5.91 Å². The van der Waals surface area contributed by atoms with Crippen LogP contribution in [-0.4, -0.2) is 20.8 Å². The van der Waals surface area contributed by atoms with Crippen molar-refractivity contribution in [3.8, 4) is 22.8 Å². The number of carbonyl (C=O) groups excluding carboxylic acids is 1. The summed E-state index contributed by atoms with van der Waals surface area (Å²) >= 11 is 0. The summed E-state index contributed by atoms with van der Waals surface area (Å²) in [5, 5.41) is 11.4. The number of anilines is 1. The number of nitrogens with one attached hydrogen (secondary N) is 1. The van der Waals surface area contributed by atoms with E-state index in [2.05, 4.69) is 21.6 Å². The molecule has 4 aromatic rings. The van der Waals surface area contributed by atoms with Gasteiger partial charge in [-0.3, -0.25) is 9.59 Å². The predicted octanol–water partition coefficient (Wildman–Crippen LogP) is 4.55. The second-order valence-electron chi connectivity index (χ2n) is 8.31. The Bertz CT molecular complexity index is 1370. The topological polar surface area (TPSA) is 103 Å². The zero-order valence-electron chi connectivity index (χ0n) is 18.5. The first-order valence-electron chi connectivity index (χ1n) is 11.0. The molecule has 0 saturated carbocycles. The third-order valence-electron chi connectivity index (χ3n) is 6.00. The Labute approximate surface area is 190 Å². The first-order chi connectivity index (χ1) is 16.0. The second kappa shape index (κ2) is 8.54. The van der Waals surface area contributed by atoms with Crippen LogP contribution in [0, 0.1) is 6.92 Å². The molecule has 0 fully saturated rings. The number of fused-ring (bicyclic) bond motifs is 1. The van der Waals surface area contributed by atoms with Crippen molar-refractivity contribution in [2.45, 2.75) is 45.6 Å². The molecule has 33 heavy (non-hydrogen) atoms. The molecular formula is C25H24N4O4. The van der Waals surface area contributed by atoms with Crippen LogP contribution in [0.3, 0.4) is 0 Å². The summed E-state index contributed by atoms with van der Waals surface area (Å²) in [6, 6.07) is 11.7. The summed E-state index contributed by atoms with van der Waals surface area (Å²) in [6.07, 6.45) is 5.74. The molecule has 1 N–H and O–H groups in total. The lowest BCUT2D eigenvalue weighted by atomic mass is 9.90. The van der Waals surface area contributed by atoms with Gasteiger partial charge in [0.2, 0.25) is 5.91 Å². The quantitative estimate of drug-likeness (QED) is 0.485. The van der Waals surface area contributed by atoms with Gasteiger partial charge in [0.05, 0.1) is 17.5 Å². The van der Waals surface area contributed by atoms with E-state index < -0.39 is 11.6 Å². The molecule has 1 aromatic carbocycles. The molecule has 0 bridgehead atoms. The van der Waals surface area contributed by atoms with E-state index in [4.69, 9.17) is 8.94 Å². The first-order valence-corrected chi connectivity index (χ1v) is 11.0. The number of furan rings is 1. The highest BCUT2D eigenvalue weighted by Crippen LogP contribution is 2.31. The molecule has 3 heterocycles. The van der Waals surface area contributed by atoms with Gasteiger partial charge in [0.25, 0.3) is 5.56 Å². The molecule has 1 atom stereocenters. The van der Waals surface area contributed by atoms with Crippen LogP contribution in [0.1, 0.15) is 42.6 Å². The van der Waals surface area contributed by atoms with E-state index in [1.807, 2.05) is 12.1 Å². The van der Waals surface area contributed by atoms with Crippen molar-refractivity contribution in [1.29, 1.82) is 0 Å². The molecule has 8 nitrogen and oxygen atoms in total. The maximum absolute atomic E-state index is 13.1. The van der Waals surface area contributed by atoms with Crippen molar-refractivity contribution >= 4 is 11.6 Å². The number of aryl methyl sites for hydroxylation is 2. The maximum atomic E-state index is 13.1. The maximum Gasteiger partial charge on any atom is 0.268 e. The molecule has 3 aromatic heterocycles. The fourth-order valence-electron chi connectivity index (χ4n) is 4.27.